The second-order valence-electron chi connectivity index (χ2n) is 6.78. The number of aryl methyl sites for hydroxylation is 1. The van der Waals surface area contributed by atoms with E-state index in [4.69, 9.17) is 0 Å². The molecule has 3 amide bonds. The largest absolute Gasteiger partial charge is 0.325 e. The Kier molecular flexibility index (Phi) is 5.04. The molecule has 2 heterocycles. The summed E-state index contributed by atoms with van der Waals surface area (Å²) < 4.78 is 2.05. The number of nitrogens with zero attached hydrogens (tertiary/aromatic N) is 4. The third-order valence-corrected chi connectivity index (χ3v) is 5.25. The third-order valence-electron chi connectivity index (χ3n) is 4.30. The molecule has 1 aliphatic rings. The Hall–Kier alpha value is -2.35. The van der Waals surface area contributed by atoms with Crippen molar-refractivity contribution in [2.45, 2.75) is 44.9 Å². The average Bonchev–Trinajstić information content (AvgIpc) is 3.08. The lowest BCUT2D eigenvalue weighted by Crippen LogP contribution is -2.40. The van der Waals surface area contributed by atoms with Crippen molar-refractivity contribution in [1.82, 2.24) is 25.0 Å². The normalized spacial score (nSPS) is 16.2. The topological polar surface area (TPSA) is 80.1 Å². The van der Waals surface area contributed by atoms with Crippen molar-refractivity contribution in [3.63, 3.8) is 0 Å². The Bertz CT molecular complexity index is 846. The van der Waals surface area contributed by atoms with Gasteiger partial charge in [-0.05, 0) is 33.8 Å². The zero-order valence-electron chi connectivity index (χ0n) is 15.4. The number of thioether (sulfide) groups is 1. The zero-order valence-corrected chi connectivity index (χ0v) is 16.3. The van der Waals surface area contributed by atoms with Crippen LogP contribution in [0.15, 0.2) is 29.4 Å². The molecule has 0 atom stereocenters. The van der Waals surface area contributed by atoms with Crippen LogP contribution in [-0.2, 0) is 11.3 Å². The molecule has 0 aliphatic carbocycles. The van der Waals surface area contributed by atoms with Crippen LogP contribution in [0.25, 0.3) is 11.4 Å². The van der Waals surface area contributed by atoms with Crippen LogP contribution in [0, 0.1) is 6.92 Å². The monoisotopic (exact) mass is 373 g/mol. The minimum absolute atomic E-state index is 0.194. The number of carbonyl (C=O) groups excluding carboxylic acids is 2. The van der Waals surface area contributed by atoms with Gasteiger partial charge in [0.15, 0.2) is 11.0 Å². The maximum atomic E-state index is 12.2. The van der Waals surface area contributed by atoms with E-state index in [1.54, 1.807) is 13.8 Å². The number of benzene rings is 1. The summed E-state index contributed by atoms with van der Waals surface area (Å²) >= 11 is 1.50. The number of aromatic nitrogens is 3. The van der Waals surface area contributed by atoms with Crippen molar-refractivity contribution < 1.29 is 9.59 Å². The first-order valence-corrected chi connectivity index (χ1v) is 9.59. The number of amides is 3. The predicted octanol–water partition coefficient (Wildman–Crippen LogP) is 2.70. The van der Waals surface area contributed by atoms with Gasteiger partial charge in [-0.25, -0.2) is 4.79 Å². The molecule has 1 aromatic heterocycles. The average molecular weight is 373 g/mol. The SMILES string of the molecule is CCn1c(SCCN2C(=O)NC(C)(C)C2=O)nnc1-c1cccc(C)c1. The second-order valence-corrected chi connectivity index (χ2v) is 7.84. The van der Waals surface area contributed by atoms with E-state index < -0.39 is 5.54 Å². The molecule has 1 aliphatic heterocycles. The van der Waals surface area contributed by atoms with E-state index in [0.717, 1.165) is 23.1 Å². The molecular weight excluding hydrogens is 350 g/mol. The molecule has 0 saturated carbocycles. The third kappa shape index (κ3) is 3.46. The number of hydrogen-bond donors (Lipinski definition) is 1. The number of hydrogen-bond acceptors (Lipinski definition) is 5. The molecule has 1 fully saturated rings. The van der Waals surface area contributed by atoms with Gasteiger partial charge < -0.3 is 9.88 Å². The summed E-state index contributed by atoms with van der Waals surface area (Å²) in [4.78, 5) is 25.4. The summed E-state index contributed by atoms with van der Waals surface area (Å²) in [6.45, 7) is 8.60. The number of rotatable bonds is 6. The van der Waals surface area contributed by atoms with E-state index in [1.165, 1.54) is 22.2 Å². The lowest BCUT2D eigenvalue weighted by atomic mass is 10.1. The number of carbonyl (C=O) groups is 2. The van der Waals surface area contributed by atoms with Crippen molar-refractivity contribution in [3.05, 3.63) is 29.8 Å². The summed E-state index contributed by atoms with van der Waals surface area (Å²) in [6, 6.07) is 7.82. The molecule has 7 nitrogen and oxygen atoms in total. The van der Waals surface area contributed by atoms with Gasteiger partial charge in [0.1, 0.15) is 5.54 Å². The standard InChI is InChI=1S/C18H23N5O2S/c1-5-22-14(13-8-6-7-12(2)11-13)20-21-17(22)26-10-9-23-15(24)18(3,4)19-16(23)25/h6-8,11H,5,9-10H2,1-4H3,(H,19,25). The molecule has 1 aromatic carbocycles. The number of imide groups is 1. The van der Waals surface area contributed by atoms with E-state index in [-0.39, 0.29) is 11.9 Å². The van der Waals surface area contributed by atoms with Gasteiger partial charge in [-0.15, -0.1) is 10.2 Å². The van der Waals surface area contributed by atoms with Gasteiger partial charge in [0, 0.05) is 24.4 Å². The molecule has 138 valence electrons. The van der Waals surface area contributed by atoms with Gasteiger partial charge >= 0.3 is 6.03 Å². The van der Waals surface area contributed by atoms with Gasteiger partial charge in [0.25, 0.3) is 5.91 Å². The Morgan fingerprint density at radius 1 is 1.23 bits per heavy atom. The highest BCUT2D eigenvalue weighted by Crippen LogP contribution is 2.25. The molecule has 26 heavy (non-hydrogen) atoms. The van der Waals surface area contributed by atoms with E-state index in [2.05, 4.69) is 26.1 Å². The number of urea groups is 1. The smallest absolute Gasteiger partial charge is 0.324 e. The van der Waals surface area contributed by atoms with Crippen molar-refractivity contribution in [2.24, 2.45) is 0 Å². The van der Waals surface area contributed by atoms with Crippen molar-refractivity contribution in [1.29, 1.82) is 0 Å². The van der Waals surface area contributed by atoms with E-state index in [0.29, 0.717) is 12.3 Å². The van der Waals surface area contributed by atoms with Crippen LogP contribution in [0.3, 0.4) is 0 Å². The molecule has 0 bridgehead atoms. The highest BCUT2D eigenvalue weighted by Gasteiger charge is 2.43. The first kappa shape index (κ1) is 18.4. The first-order valence-electron chi connectivity index (χ1n) is 8.60. The van der Waals surface area contributed by atoms with Crippen molar-refractivity contribution in [2.75, 3.05) is 12.3 Å². The van der Waals surface area contributed by atoms with Crippen LogP contribution in [-0.4, -0.2) is 49.4 Å². The predicted molar refractivity (Wildman–Crippen MR) is 101 cm³/mol. The Balaban J connectivity index is 1.70. The van der Waals surface area contributed by atoms with Gasteiger partial charge in [0.2, 0.25) is 0 Å². The minimum Gasteiger partial charge on any atom is -0.324 e. The first-order chi connectivity index (χ1) is 12.3. The summed E-state index contributed by atoms with van der Waals surface area (Å²) in [5, 5.41) is 12.1. The number of nitrogens with one attached hydrogen (secondary N) is 1. The van der Waals surface area contributed by atoms with Gasteiger partial charge in [-0.1, -0.05) is 35.5 Å². The van der Waals surface area contributed by atoms with E-state index in [1.807, 2.05) is 32.0 Å². The zero-order chi connectivity index (χ0) is 18.9. The minimum atomic E-state index is -0.830. The fourth-order valence-electron chi connectivity index (χ4n) is 2.93. The van der Waals surface area contributed by atoms with Crippen molar-refractivity contribution in [3.8, 4) is 11.4 Å². The lowest BCUT2D eigenvalue weighted by Gasteiger charge is -2.15. The lowest BCUT2D eigenvalue weighted by molar-refractivity contribution is -0.130. The van der Waals surface area contributed by atoms with Crippen molar-refractivity contribution >= 4 is 23.7 Å². The Morgan fingerprint density at radius 3 is 2.62 bits per heavy atom. The maximum Gasteiger partial charge on any atom is 0.325 e. The molecule has 1 N–H and O–H groups in total. The summed E-state index contributed by atoms with van der Waals surface area (Å²) in [6.07, 6.45) is 0. The van der Waals surface area contributed by atoms with Gasteiger partial charge in [-0.2, -0.15) is 0 Å². The fraction of sp³-hybridized carbons (Fsp3) is 0.444. The van der Waals surface area contributed by atoms with Crippen LogP contribution in [0.2, 0.25) is 0 Å². The Morgan fingerprint density at radius 2 is 2.00 bits per heavy atom. The molecule has 0 radical (unpaired) electrons. The van der Waals surface area contributed by atoms with E-state index in [9.17, 15) is 9.59 Å². The van der Waals surface area contributed by atoms with Gasteiger partial charge in [-0.3, -0.25) is 9.69 Å². The summed E-state index contributed by atoms with van der Waals surface area (Å²) in [7, 11) is 0. The van der Waals surface area contributed by atoms with Crippen LogP contribution in [0.1, 0.15) is 26.3 Å². The second kappa shape index (κ2) is 7.11. The van der Waals surface area contributed by atoms with Crippen LogP contribution >= 0.6 is 11.8 Å². The van der Waals surface area contributed by atoms with Crippen LogP contribution < -0.4 is 5.32 Å². The van der Waals surface area contributed by atoms with Gasteiger partial charge in [0.05, 0.1) is 0 Å². The molecule has 8 heteroatoms. The highest BCUT2D eigenvalue weighted by atomic mass is 32.2. The van der Waals surface area contributed by atoms with Crippen LogP contribution in [0.5, 0.6) is 0 Å². The Labute approximate surface area is 157 Å². The fourth-order valence-corrected chi connectivity index (χ4v) is 3.85. The summed E-state index contributed by atoms with van der Waals surface area (Å²) in [5.41, 5.74) is 1.37. The molecule has 2 aromatic rings. The summed E-state index contributed by atoms with van der Waals surface area (Å²) in [5.74, 6) is 1.21. The van der Waals surface area contributed by atoms with Crippen LogP contribution in [0.4, 0.5) is 4.79 Å². The van der Waals surface area contributed by atoms with E-state index >= 15 is 0 Å². The highest BCUT2D eigenvalue weighted by molar-refractivity contribution is 7.99. The molecule has 3 rings (SSSR count). The molecule has 1 saturated heterocycles. The molecule has 0 spiro atoms. The molecular formula is C18H23N5O2S. The maximum absolute atomic E-state index is 12.2. The molecule has 0 unspecified atom stereocenters. The quantitative estimate of drug-likeness (QED) is 0.622.